The van der Waals surface area contributed by atoms with Gasteiger partial charge in [0.25, 0.3) is 0 Å². The van der Waals surface area contributed by atoms with Gasteiger partial charge in [-0.2, -0.15) is 4.72 Å². The molecular weight excluding hydrogens is 218 g/mol. The molecule has 2 amide bonds. The van der Waals surface area contributed by atoms with Crippen molar-refractivity contribution in [1.82, 2.24) is 0 Å². The summed E-state index contributed by atoms with van der Waals surface area (Å²) in [4.78, 5) is 21.2. The summed E-state index contributed by atoms with van der Waals surface area (Å²) in [5.74, 6) is -0.558. The van der Waals surface area contributed by atoms with Crippen molar-refractivity contribution >= 4 is 28.2 Å². The second kappa shape index (κ2) is 4.67. The third-order valence-electron chi connectivity index (χ3n) is 1.56. The van der Waals surface area contributed by atoms with Crippen LogP contribution in [0.1, 0.15) is 10.4 Å². The number of hydrogen-bond acceptors (Lipinski definition) is 4. The molecule has 1 rings (SSSR count). The maximum absolute atomic E-state index is 11.0. The summed E-state index contributed by atoms with van der Waals surface area (Å²) in [6, 6.07) is 5.84. The fourth-order valence-corrected chi connectivity index (χ4v) is 1.31. The fourth-order valence-electron chi connectivity index (χ4n) is 0.860. The Bertz CT molecular complexity index is 379. The molecule has 1 unspecified atom stereocenters. The van der Waals surface area contributed by atoms with E-state index in [4.69, 9.17) is 11.5 Å². The van der Waals surface area contributed by atoms with Gasteiger partial charge in [-0.05, 0) is 24.3 Å². The predicted molar refractivity (Wildman–Crippen MR) is 56.3 cm³/mol. The standard InChI is InChI=1S/C8H9N3O3S/c9-7(12)5-1-3-6(4-2-5)11-15(14)8(10)13/h1-4,11H,(H2,9,12)(H2,10,13). The lowest BCUT2D eigenvalue weighted by Gasteiger charge is -2.07. The minimum absolute atomic E-state index is 0.324. The molecule has 0 saturated carbocycles. The second-order valence-electron chi connectivity index (χ2n) is 2.63. The SMILES string of the molecule is NC(=O)c1ccc(N[S+]([O-])C(N)=O)cc1. The Morgan fingerprint density at radius 1 is 1.20 bits per heavy atom. The van der Waals surface area contributed by atoms with Gasteiger partial charge in [0.05, 0.1) is 5.69 Å². The van der Waals surface area contributed by atoms with Gasteiger partial charge in [-0.15, -0.1) is 0 Å². The van der Waals surface area contributed by atoms with Crippen LogP contribution in [0.4, 0.5) is 10.5 Å². The molecule has 1 atom stereocenters. The van der Waals surface area contributed by atoms with Crippen molar-refractivity contribution in [3.05, 3.63) is 29.8 Å². The Labute approximate surface area is 88.9 Å². The summed E-state index contributed by atoms with van der Waals surface area (Å²) >= 11 is -1.97. The van der Waals surface area contributed by atoms with Gasteiger partial charge < -0.3 is 16.0 Å². The van der Waals surface area contributed by atoms with E-state index in [9.17, 15) is 14.1 Å². The van der Waals surface area contributed by atoms with Crippen molar-refractivity contribution in [3.8, 4) is 0 Å². The highest BCUT2D eigenvalue weighted by atomic mass is 32.2. The molecule has 15 heavy (non-hydrogen) atoms. The molecule has 1 aromatic carbocycles. The van der Waals surface area contributed by atoms with Crippen LogP contribution in [0.25, 0.3) is 0 Å². The molecule has 0 aliphatic heterocycles. The molecule has 80 valence electrons. The van der Waals surface area contributed by atoms with Crippen LogP contribution in [0.2, 0.25) is 0 Å². The van der Waals surface area contributed by atoms with Crippen molar-refractivity contribution in [2.75, 3.05) is 4.72 Å². The van der Waals surface area contributed by atoms with E-state index in [1.165, 1.54) is 24.3 Å². The summed E-state index contributed by atoms with van der Waals surface area (Å²) < 4.78 is 13.3. The maximum Gasteiger partial charge on any atom is 0.451 e. The van der Waals surface area contributed by atoms with Crippen molar-refractivity contribution in [1.29, 1.82) is 0 Å². The largest absolute Gasteiger partial charge is 0.584 e. The summed E-state index contributed by atoms with van der Waals surface area (Å²) in [5, 5.41) is -0.964. The number of benzene rings is 1. The molecule has 0 saturated heterocycles. The molecule has 0 aliphatic carbocycles. The molecule has 5 N–H and O–H groups in total. The number of carbonyl (C=O) groups is 2. The third kappa shape index (κ3) is 3.15. The topological polar surface area (TPSA) is 121 Å². The number of anilines is 1. The summed E-state index contributed by atoms with van der Waals surface area (Å²) in [6.45, 7) is 0. The molecular formula is C8H9N3O3S. The van der Waals surface area contributed by atoms with E-state index < -0.39 is 22.5 Å². The number of rotatable bonds is 3. The van der Waals surface area contributed by atoms with E-state index >= 15 is 0 Å². The Morgan fingerprint density at radius 3 is 2.13 bits per heavy atom. The first-order chi connectivity index (χ1) is 7.00. The van der Waals surface area contributed by atoms with Crippen LogP contribution in [0, 0.1) is 0 Å². The Morgan fingerprint density at radius 2 is 1.73 bits per heavy atom. The van der Waals surface area contributed by atoms with E-state index in [2.05, 4.69) is 4.72 Å². The van der Waals surface area contributed by atoms with Crippen molar-refractivity contribution in [3.63, 3.8) is 0 Å². The van der Waals surface area contributed by atoms with Crippen LogP contribution < -0.4 is 16.2 Å². The van der Waals surface area contributed by atoms with Crippen molar-refractivity contribution in [2.45, 2.75) is 0 Å². The molecule has 0 fully saturated rings. The molecule has 0 radical (unpaired) electrons. The van der Waals surface area contributed by atoms with Gasteiger partial charge in [-0.3, -0.25) is 4.79 Å². The Kier molecular flexibility index (Phi) is 3.53. The minimum Gasteiger partial charge on any atom is -0.584 e. The second-order valence-corrected chi connectivity index (χ2v) is 3.78. The van der Waals surface area contributed by atoms with Crippen LogP contribution in [0.3, 0.4) is 0 Å². The number of amides is 2. The molecule has 0 heterocycles. The molecule has 0 bridgehead atoms. The van der Waals surface area contributed by atoms with Gasteiger partial charge in [0.1, 0.15) is 0 Å². The van der Waals surface area contributed by atoms with E-state index in [1.54, 1.807) is 0 Å². The van der Waals surface area contributed by atoms with E-state index in [0.29, 0.717) is 11.3 Å². The molecule has 1 aromatic rings. The van der Waals surface area contributed by atoms with Gasteiger partial charge >= 0.3 is 5.24 Å². The summed E-state index contributed by atoms with van der Waals surface area (Å²) in [5.41, 5.74) is 10.5. The zero-order chi connectivity index (χ0) is 11.4. The van der Waals surface area contributed by atoms with Crippen molar-refractivity contribution in [2.24, 2.45) is 11.5 Å². The van der Waals surface area contributed by atoms with E-state index in [-0.39, 0.29) is 0 Å². The first-order valence-electron chi connectivity index (χ1n) is 3.88. The number of primary amides is 2. The first kappa shape index (κ1) is 11.3. The highest BCUT2D eigenvalue weighted by Crippen LogP contribution is 2.10. The lowest BCUT2D eigenvalue weighted by Crippen LogP contribution is -2.28. The van der Waals surface area contributed by atoms with Gasteiger partial charge in [0.15, 0.2) is 11.4 Å². The highest BCUT2D eigenvalue weighted by Gasteiger charge is 2.14. The number of nitrogens with one attached hydrogen (secondary N) is 1. The van der Waals surface area contributed by atoms with Crippen LogP contribution in [-0.2, 0) is 11.4 Å². The van der Waals surface area contributed by atoms with Gasteiger partial charge in [-0.1, -0.05) is 0 Å². The van der Waals surface area contributed by atoms with Crippen molar-refractivity contribution < 1.29 is 14.1 Å². The van der Waals surface area contributed by atoms with Gasteiger partial charge in [0, 0.05) is 5.56 Å². The van der Waals surface area contributed by atoms with E-state index in [0.717, 1.165) is 0 Å². The Hall–Kier alpha value is -1.73. The van der Waals surface area contributed by atoms with Crippen LogP contribution in [-0.4, -0.2) is 15.7 Å². The van der Waals surface area contributed by atoms with Crippen LogP contribution >= 0.6 is 0 Å². The minimum atomic E-state index is -1.97. The van der Waals surface area contributed by atoms with Gasteiger partial charge in [-0.25, -0.2) is 4.79 Å². The average molecular weight is 227 g/mol. The smallest absolute Gasteiger partial charge is 0.451 e. The monoisotopic (exact) mass is 227 g/mol. The summed E-state index contributed by atoms with van der Waals surface area (Å²) in [6.07, 6.45) is 0. The zero-order valence-electron chi connectivity index (χ0n) is 7.60. The fraction of sp³-hybridized carbons (Fsp3) is 0. The molecule has 7 heteroatoms. The number of hydrogen-bond donors (Lipinski definition) is 3. The molecule has 6 nitrogen and oxygen atoms in total. The van der Waals surface area contributed by atoms with Crippen LogP contribution in [0.15, 0.2) is 24.3 Å². The lowest BCUT2D eigenvalue weighted by atomic mass is 10.2. The zero-order valence-corrected chi connectivity index (χ0v) is 8.41. The highest BCUT2D eigenvalue weighted by molar-refractivity contribution is 8.07. The Balaban J connectivity index is 2.72. The quantitative estimate of drug-likeness (QED) is 0.626. The maximum atomic E-state index is 11.0. The van der Waals surface area contributed by atoms with Gasteiger partial charge in [0.2, 0.25) is 5.91 Å². The van der Waals surface area contributed by atoms with E-state index in [1.807, 2.05) is 0 Å². The average Bonchev–Trinajstić information content (AvgIpc) is 2.18. The first-order valence-corrected chi connectivity index (χ1v) is 5.03. The molecule has 0 aliphatic rings. The molecule has 0 aromatic heterocycles. The molecule has 0 spiro atoms. The number of carbonyl (C=O) groups excluding carboxylic acids is 2. The number of nitrogens with two attached hydrogens (primary N) is 2. The lowest BCUT2D eigenvalue weighted by molar-refractivity contribution is 0.100. The van der Waals surface area contributed by atoms with Crippen LogP contribution in [0.5, 0.6) is 0 Å². The third-order valence-corrected chi connectivity index (χ3v) is 2.35. The normalized spacial score (nSPS) is 11.8. The summed E-state index contributed by atoms with van der Waals surface area (Å²) in [7, 11) is 0. The predicted octanol–water partition coefficient (Wildman–Crippen LogP) is -0.0602.